The van der Waals surface area contributed by atoms with Crippen molar-refractivity contribution in [3.8, 4) is 0 Å². The minimum absolute atomic E-state index is 0.138. The van der Waals surface area contributed by atoms with Gasteiger partial charge >= 0.3 is 0 Å². The molecule has 2 heterocycles. The molecule has 0 spiro atoms. The molecule has 0 aliphatic heterocycles. The first-order valence-corrected chi connectivity index (χ1v) is 9.57. The summed E-state index contributed by atoms with van der Waals surface area (Å²) in [6, 6.07) is 7.07. The zero-order valence-electron chi connectivity index (χ0n) is 14.9. The molecule has 2 aromatic heterocycles. The standard InChI is InChI=1S/C19H17ClFN5OS/c1-11-17(28-10-25-11)19(27)26-18(22)16-14(20)8-23-9-15(16)24-7-13-4-2-12(6-21)3-5-13/h2-5,8-10,24H,6-7H2,1H3,(H2,22,26,27). The Labute approximate surface area is 170 Å². The van der Waals surface area contributed by atoms with Crippen LogP contribution in [-0.2, 0) is 13.2 Å². The van der Waals surface area contributed by atoms with Crippen LogP contribution >= 0.6 is 22.9 Å². The fourth-order valence-corrected chi connectivity index (χ4v) is 3.47. The molecule has 0 radical (unpaired) electrons. The zero-order chi connectivity index (χ0) is 20.1. The molecule has 3 N–H and O–H groups in total. The summed E-state index contributed by atoms with van der Waals surface area (Å²) in [6.45, 7) is 1.65. The van der Waals surface area contributed by atoms with Crippen LogP contribution in [0, 0.1) is 12.3 Å². The highest BCUT2D eigenvalue weighted by atomic mass is 35.5. The number of thiazole rings is 1. The monoisotopic (exact) mass is 417 g/mol. The number of pyridine rings is 1. The van der Waals surface area contributed by atoms with Gasteiger partial charge in [-0.15, -0.1) is 11.3 Å². The Morgan fingerprint density at radius 2 is 1.96 bits per heavy atom. The van der Waals surface area contributed by atoms with Gasteiger partial charge in [0.25, 0.3) is 5.91 Å². The molecule has 0 saturated heterocycles. The van der Waals surface area contributed by atoms with Gasteiger partial charge in [0, 0.05) is 12.7 Å². The second-order valence-electron chi connectivity index (χ2n) is 5.94. The molecule has 0 aliphatic carbocycles. The molecular formula is C19H17ClFN5OS. The van der Waals surface area contributed by atoms with E-state index >= 15 is 0 Å². The van der Waals surface area contributed by atoms with E-state index in [2.05, 4.69) is 20.6 Å². The maximum atomic E-state index is 12.6. The molecule has 0 aliphatic rings. The van der Waals surface area contributed by atoms with Crippen LogP contribution < -0.4 is 10.6 Å². The van der Waals surface area contributed by atoms with Crippen molar-refractivity contribution in [2.75, 3.05) is 5.32 Å². The summed E-state index contributed by atoms with van der Waals surface area (Å²) in [5, 5.41) is 14.3. The number of amides is 1. The van der Waals surface area contributed by atoms with Gasteiger partial charge < -0.3 is 10.6 Å². The molecule has 3 rings (SSSR count). The lowest BCUT2D eigenvalue weighted by Crippen LogP contribution is -2.31. The van der Waals surface area contributed by atoms with Crippen LogP contribution in [0.25, 0.3) is 0 Å². The average molecular weight is 418 g/mol. The van der Waals surface area contributed by atoms with Crippen LogP contribution in [0.4, 0.5) is 10.1 Å². The highest BCUT2D eigenvalue weighted by Gasteiger charge is 2.18. The summed E-state index contributed by atoms with van der Waals surface area (Å²) in [6.07, 6.45) is 2.95. The number of nitrogens with zero attached hydrogens (tertiary/aromatic N) is 2. The third kappa shape index (κ3) is 4.52. The Balaban J connectivity index is 1.76. The molecule has 9 heteroatoms. The Bertz CT molecular complexity index is 1010. The van der Waals surface area contributed by atoms with Gasteiger partial charge in [-0.1, -0.05) is 35.9 Å². The van der Waals surface area contributed by atoms with E-state index in [0.717, 1.165) is 5.56 Å². The molecule has 3 aromatic rings. The number of hydrogen-bond acceptors (Lipinski definition) is 6. The van der Waals surface area contributed by atoms with Crippen molar-refractivity contribution in [2.24, 2.45) is 0 Å². The normalized spacial score (nSPS) is 10.5. The number of benzene rings is 1. The fraction of sp³-hybridized carbons (Fsp3) is 0.158. The molecule has 6 nitrogen and oxygen atoms in total. The number of carbonyl (C=O) groups is 1. The third-order valence-corrected chi connectivity index (χ3v) is 5.21. The van der Waals surface area contributed by atoms with Crippen LogP contribution in [0.3, 0.4) is 0 Å². The molecule has 0 saturated carbocycles. The van der Waals surface area contributed by atoms with Crippen LogP contribution in [0.1, 0.15) is 32.1 Å². The number of halogens is 2. The molecule has 144 valence electrons. The van der Waals surface area contributed by atoms with Crippen molar-refractivity contribution in [3.63, 3.8) is 0 Å². The second-order valence-corrected chi connectivity index (χ2v) is 7.21. The fourth-order valence-electron chi connectivity index (χ4n) is 2.52. The lowest BCUT2D eigenvalue weighted by atomic mass is 10.1. The van der Waals surface area contributed by atoms with Gasteiger partial charge in [-0.2, -0.15) is 0 Å². The zero-order valence-corrected chi connectivity index (χ0v) is 16.5. The highest BCUT2D eigenvalue weighted by molar-refractivity contribution is 7.11. The Morgan fingerprint density at radius 3 is 2.61 bits per heavy atom. The minimum atomic E-state index is -0.508. The van der Waals surface area contributed by atoms with Crippen LogP contribution in [0.2, 0.25) is 5.02 Å². The van der Waals surface area contributed by atoms with Crippen LogP contribution in [0.15, 0.2) is 42.2 Å². The van der Waals surface area contributed by atoms with Crippen molar-refractivity contribution >= 4 is 40.4 Å². The molecule has 0 bridgehead atoms. The van der Waals surface area contributed by atoms with E-state index in [-0.39, 0.29) is 10.9 Å². The topological polar surface area (TPSA) is 90.8 Å². The molecule has 0 atom stereocenters. The van der Waals surface area contributed by atoms with Crippen molar-refractivity contribution in [1.29, 1.82) is 5.41 Å². The van der Waals surface area contributed by atoms with E-state index in [0.29, 0.717) is 33.9 Å². The molecular weight excluding hydrogens is 401 g/mol. The number of amidine groups is 1. The highest BCUT2D eigenvalue weighted by Crippen LogP contribution is 2.24. The van der Waals surface area contributed by atoms with Gasteiger partial charge in [-0.3, -0.25) is 15.2 Å². The predicted octanol–water partition coefficient (Wildman–Crippen LogP) is 4.34. The van der Waals surface area contributed by atoms with Gasteiger partial charge in [-0.05, 0) is 18.1 Å². The van der Waals surface area contributed by atoms with Crippen molar-refractivity contribution in [2.45, 2.75) is 20.1 Å². The molecule has 28 heavy (non-hydrogen) atoms. The van der Waals surface area contributed by atoms with E-state index < -0.39 is 12.6 Å². The minimum Gasteiger partial charge on any atom is -0.379 e. The Kier molecular flexibility index (Phi) is 6.33. The quantitative estimate of drug-likeness (QED) is 0.411. The number of aryl methyl sites for hydroxylation is 1. The van der Waals surface area contributed by atoms with E-state index in [1.54, 1.807) is 24.6 Å². The summed E-state index contributed by atoms with van der Waals surface area (Å²) in [5.41, 5.74) is 4.57. The first-order valence-electron chi connectivity index (χ1n) is 8.31. The summed E-state index contributed by atoms with van der Waals surface area (Å²) < 4.78 is 12.6. The number of anilines is 1. The SMILES string of the molecule is Cc1ncsc1C(=O)NC(=N)c1c(Cl)cncc1NCc1ccc(CF)cc1. The van der Waals surface area contributed by atoms with Crippen molar-refractivity contribution in [3.05, 3.63) is 74.5 Å². The predicted molar refractivity (Wildman–Crippen MR) is 109 cm³/mol. The van der Waals surface area contributed by atoms with Gasteiger partial charge in [-0.25, -0.2) is 9.37 Å². The van der Waals surface area contributed by atoms with E-state index in [4.69, 9.17) is 17.0 Å². The lowest BCUT2D eigenvalue weighted by Gasteiger charge is -2.14. The van der Waals surface area contributed by atoms with E-state index in [1.165, 1.54) is 23.7 Å². The molecule has 0 unspecified atom stereocenters. The summed E-state index contributed by atoms with van der Waals surface area (Å²) >= 11 is 7.45. The maximum absolute atomic E-state index is 12.6. The molecule has 0 fully saturated rings. The summed E-state index contributed by atoms with van der Waals surface area (Å²) in [4.78, 5) is 20.9. The van der Waals surface area contributed by atoms with Crippen molar-refractivity contribution in [1.82, 2.24) is 15.3 Å². The molecule has 1 amide bonds. The third-order valence-electron chi connectivity index (χ3n) is 4.00. The first kappa shape index (κ1) is 19.9. The van der Waals surface area contributed by atoms with Crippen LogP contribution in [0.5, 0.6) is 0 Å². The average Bonchev–Trinajstić information content (AvgIpc) is 3.12. The van der Waals surface area contributed by atoms with Crippen LogP contribution in [-0.4, -0.2) is 21.7 Å². The molecule has 1 aromatic carbocycles. The Morgan fingerprint density at radius 1 is 1.25 bits per heavy atom. The number of rotatable bonds is 6. The van der Waals surface area contributed by atoms with Gasteiger partial charge in [0.15, 0.2) is 0 Å². The van der Waals surface area contributed by atoms with E-state index in [9.17, 15) is 9.18 Å². The lowest BCUT2D eigenvalue weighted by molar-refractivity contribution is 0.0980. The Hall–Kier alpha value is -2.84. The number of carbonyl (C=O) groups excluding carboxylic acids is 1. The number of aromatic nitrogens is 2. The van der Waals surface area contributed by atoms with Gasteiger partial charge in [0.2, 0.25) is 0 Å². The smallest absolute Gasteiger partial charge is 0.268 e. The van der Waals surface area contributed by atoms with Gasteiger partial charge in [0.05, 0.1) is 33.7 Å². The van der Waals surface area contributed by atoms with Gasteiger partial charge in [0.1, 0.15) is 17.4 Å². The maximum Gasteiger partial charge on any atom is 0.268 e. The first-order chi connectivity index (χ1) is 13.5. The van der Waals surface area contributed by atoms with Crippen molar-refractivity contribution < 1.29 is 9.18 Å². The number of hydrogen-bond donors (Lipinski definition) is 3. The number of nitrogens with one attached hydrogen (secondary N) is 3. The summed E-state index contributed by atoms with van der Waals surface area (Å²) in [7, 11) is 0. The second kappa shape index (κ2) is 8.90. The summed E-state index contributed by atoms with van der Waals surface area (Å²) in [5.74, 6) is -0.550. The number of alkyl halides is 1. The van der Waals surface area contributed by atoms with E-state index in [1.807, 2.05) is 12.1 Å². The largest absolute Gasteiger partial charge is 0.379 e.